The standard InChI is InChI=1S/C11H12N4O3/c1-7-2-3-8(6-9(7)15(17)18)14-11(16)10-12-4-5-13-10/h2-3,6H,4-5H2,1H3,(H,12,13)(H,14,16). The van der Waals surface area contributed by atoms with Crippen molar-refractivity contribution in [3.63, 3.8) is 0 Å². The van der Waals surface area contributed by atoms with Gasteiger partial charge < -0.3 is 10.6 Å². The number of nitro benzene ring substituents is 1. The molecule has 1 amide bonds. The summed E-state index contributed by atoms with van der Waals surface area (Å²) in [5, 5.41) is 16.2. The van der Waals surface area contributed by atoms with Crippen LogP contribution in [0.4, 0.5) is 11.4 Å². The molecule has 18 heavy (non-hydrogen) atoms. The van der Waals surface area contributed by atoms with Crippen molar-refractivity contribution in [1.29, 1.82) is 0 Å². The van der Waals surface area contributed by atoms with Gasteiger partial charge in [0.2, 0.25) is 0 Å². The summed E-state index contributed by atoms with van der Waals surface area (Å²) in [5.74, 6) is -0.121. The molecule has 0 saturated heterocycles. The van der Waals surface area contributed by atoms with Crippen LogP contribution in [0.15, 0.2) is 23.2 Å². The molecule has 1 aromatic rings. The van der Waals surface area contributed by atoms with Gasteiger partial charge in [0.15, 0.2) is 5.84 Å². The Bertz CT molecular complexity index is 539. The number of aliphatic imine (C=N–C) groups is 1. The number of carbonyl (C=O) groups excluding carboxylic acids is 1. The van der Waals surface area contributed by atoms with Crippen LogP contribution in [0, 0.1) is 17.0 Å². The Morgan fingerprint density at radius 1 is 1.56 bits per heavy atom. The van der Waals surface area contributed by atoms with Crippen molar-refractivity contribution in [3.05, 3.63) is 33.9 Å². The molecule has 7 heteroatoms. The van der Waals surface area contributed by atoms with Gasteiger partial charge in [0.25, 0.3) is 11.6 Å². The van der Waals surface area contributed by atoms with E-state index in [2.05, 4.69) is 15.6 Å². The number of anilines is 1. The number of carbonyl (C=O) groups is 1. The highest BCUT2D eigenvalue weighted by Gasteiger charge is 2.16. The largest absolute Gasteiger partial charge is 0.364 e. The Morgan fingerprint density at radius 3 is 2.94 bits per heavy atom. The molecule has 1 aliphatic rings. The summed E-state index contributed by atoms with van der Waals surface area (Å²) >= 11 is 0. The molecule has 7 nitrogen and oxygen atoms in total. The van der Waals surface area contributed by atoms with E-state index in [0.29, 0.717) is 24.3 Å². The van der Waals surface area contributed by atoms with E-state index < -0.39 is 4.92 Å². The number of hydrogen-bond acceptors (Lipinski definition) is 5. The van der Waals surface area contributed by atoms with E-state index in [4.69, 9.17) is 0 Å². The highest BCUT2D eigenvalue weighted by molar-refractivity contribution is 6.42. The van der Waals surface area contributed by atoms with Gasteiger partial charge in [-0.3, -0.25) is 19.9 Å². The predicted octanol–water partition coefficient (Wildman–Crippen LogP) is 0.843. The summed E-state index contributed by atoms with van der Waals surface area (Å²) in [6.45, 7) is 2.85. The number of amides is 1. The maximum atomic E-state index is 11.7. The Labute approximate surface area is 103 Å². The van der Waals surface area contributed by atoms with Crippen LogP contribution in [0.5, 0.6) is 0 Å². The van der Waals surface area contributed by atoms with Crippen LogP contribution in [0.1, 0.15) is 5.56 Å². The third kappa shape index (κ3) is 2.45. The second-order valence-electron chi connectivity index (χ2n) is 3.87. The molecule has 0 bridgehead atoms. The minimum atomic E-state index is -0.476. The third-order valence-electron chi connectivity index (χ3n) is 2.55. The third-order valence-corrected chi connectivity index (χ3v) is 2.55. The quantitative estimate of drug-likeness (QED) is 0.612. The van der Waals surface area contributed by atoms with E-state index in [1.54, 1.807) is 19.1 Å². The summed E-state index contributed by atoms with van der Waals surface area (Å²) in [7, 11) is 0. The topological polar surface area (TPSA) is 96.6 Å². The number of nitrogens with one attached hydrogen (secondary N) is 2. The van der Waals surface area contributed by atoms with Gasteiger partial charge in [-0.1, -0.05) is 6.07 Å². The first-order chi connectivity index (χ1) is 8.58. The van der Waals surface area contributed by atoms with E-state index >= 15 is 0 Å². The number of aryl methyl sites for hydroxylation is 1. The molecule has 0 aliphatic carbocycles. The van der Waals surface area contributed by atoms with Gasteiger partial charge in [-0.15, -0.1) is 0 Å². The molecule has 0 atom stereocenters. The fourth-order valence-electron chi connectivity index (χ4n) is 1.62. The first-order valence-corrected chi connectivity index (χ1v) is 5.42. The molecule has 94 valence electrons. The maximum Gasteiger partial charge on any atom is 0.290 e. The Kier molecular flexibility index (Phi) is 3.22. The lowest BCUT2D eigenvalue weighted by Crippen LogP contribution is -2.32. The Morgan fingerprint density at radius 2 is 2.33 bits per heavy atom. The number of hydrogen-bond donors (Lipinski definition) is 2. The van der Waals surface area contributed by atoms with Crippen molar-refractivity contribution in [3.8, 4) is 0 Å². The van der Waals surface area contributed by atoms with Gasteiger partial charge in [-0.2, -0.15) is 0 Å². The molecule has 0 spiro atoms. The summed E-state index contributed by atoms with van der Waals surface area (Å²) in [5.41, 5.74) is 0.914. The van der Waals surface area contributed by atoms with Crippen molar-refractivity contribution in [2.75, 3.05) is 18.4 Å². The molecule has 1 heterocycles. The number of nitro groups is 1. The fourth-order valence-corrected chi connectivity index (χ4v) is 1.62. The van der Waals surface area contributed by atoms with Crippen molar-refractivity contribution in [2.45, 2.75) is 6.92 Å². The van der Waals surface area contributed by atoms with E-state index in [0.717, 1.165) is 0 Å². The maximum absolute atomic E-state index is 11.7. The normalized spacial score (nSPS) is 13.7. The second kappa shape index (κ2) is 4.82. The molecule has 2 N–H and O–H groups in total. The van der Waals surface area contributed by atoms with Crippen molar-refractivity contribution in [1.82, 2.24) is 5.32 Å². The van der Waals surface area contributed by atoms with Gasteiger partial charge in [0.1, 0.15) is 0 Å². The molecular weight excluding hydrogens is 236 g/mol. The smallest absolute Gasteiger partial charge is 0.290 e. The molecule has 0 fully saturated rings. The van der Waals surface area contributed by atoms with Crippen LogP contribution < -0.4 is 10.6 Å². The zero-order valence-corrected chi connectivity index (χ0v) is 9.77. The average Bonchev–Trinajstić information content (AvgIpc) is 2.85. The average molecular weight is 248 g/mol. The molecule has 1 aliphatic heterocycles. The van der Waals surface area contributed by atoms with Crippen molar-refractivity contribution >= 4 is 23.1 Å². The lowest BCUT2D eigenvalue weighted by atomic mass is 10.2. The van der Waals surface area contributed by atoms with Crippen molar-refractivity contribution in [2.24, 2.45) is 4.99 Å². The lowest BCUT2D eigenvalue weighted by Gasteiger charge is -2.06. The number of nitrogens with zero attached hydrogens (tertiary/aromatic N) is 2. The Hall–Kier alpha value is -2.44. The zero-order chi connectivity index (χ0) is 13.1. The molecular formula is C11H12N4O3. The van der Waals surface area contributed by atoms with E-state index in [1.165, 1.54) is 6.07 Å². The van der Waals surface area contributed by atoms with Crippen LogP contribution in [0.25, 0.3) is 0 Å². The van der Waals surface area contributed by atoms with Crippen LogP contribution >= 0.6 is 0 Å². The molecule has 0 radical (unpaired) electrons. The molecule has 0 unspecified atom stereocenters. The number of rotatable bonds is 3. The zero-order valence-electron chi connectivity index (χ0n) is 9.77. The van der Waals surface area contributed by atoms with Crippen LogP contribution in [0.2, 0.25) is 0 Å². The van der Waals surface area contributed by atoms with Gasteiger partial charge in [0.05, 0.1) is 11.5 Å². The highest BCUT2D eigenvalue weighted by Crippen LogP contribution is 2.22. The minimum absolute atomic E-state index is 0.0193. The van der Waals surface area contributed by atoms with Crippen molar-refractivity contribution < 1.29 is 9.72 Å². The molecule has 2 rings (SSSR count). The molecule has 0 saturated carbocycles. The van der Waals surface area contributed by atoms with Gasteiger partial charge in [-0.05, 0) is 13.0 Å². The SMILES string of the molecule is Cc1ccc(NC(=O)C2=NCCN2)cc1[N+](=O)[O-]. The summed E-state index contributed by atoms with van der Waals surface area (Å²) in [4.78, 5) is 26.0. The molecule has 1 aromatic carbocycles. The predicted molar refractivity (Wildman–Crippen MR) is 66.8 cm³/mol. The van der Waals surface area contributed by atoms with E-state index in [-0.39, 0.29) is 17.4 Å². The van der Waals surface area contributed by atoms with E-state index in [9.17, 15) is 14.9 Å². The lowest BCUT2D eigenvalue weighted by molar-refractivity contribution is -0.385. The van der Waals surface area contributed by atoms with Gasteiger partial charge in [-0.25, -0.2) is 0 Å². The summed E-state index contributed by atoms with van der Waals surface area (Å²) < 4.78 is 0. The van der Waals surface area contributed by atoms with Gasteiger partial charge in [0, 0.05) is 23.9 Å². The number of benzene rings is 1. The monoisotopic (exact) mass is 248 g/mol. The first kappa shape index (κ1) is 12.0. The van der Waals surface area contributed by atoms with Crippen LogP contribution in [0.3, 0.4) is 0 Å². The Balaban J connectivity index is 2.17. The van der Waals surface area contributed by atoms with Crippen LogP contribution in [-0.2, 0) is 4.79 Å². The highest BCUT2D eigenvalue weighted by atomic mass is 16.6. The van der Waals surface area contributed by atoms with Gasteiger partial charge >= 0.3 is 0 Å². The number of amidine groups is 1. The van der Waals surface area contributed by atoms with Crippen LogP contribution in [-0.4, -0.2) is 29.8 Å². The fraction of sp³-hybridized carbons (Fsp3) is 0.273. The minimum Gasteiger partial charge on any atom is -0.364 e. The summed E-state index contributed by atoms with van der Waals surface area (Å²) in [6.07, 6.45) is 0. The summed E-state index contributed by atoms with van der Waals surface area (Å²) in [6, 6.07) is 4.55. The van der Waals surface area contributed by atoms with E-state index in [1.807, 2.05) is 0 Å². The first-order valence-electron chi connectivity index (χ1n) is 5.42. The second-order valence-corrected chi connectivity index (χ2v) is 3.87. The molecule has 0 aromatic heterocycles.